The van der Waals surface area contributed by atoms with Crippen molar-refractivity contribution in [3.05, 3.63) is 0 Å². The molecule has 106 valence electrons. The molecular weight excluding hydrogens is 234 g/mol. The summed E-state index contributed by atoms with van der Waals surface area (Å²) < 4.78 is 10.1. The zero-order valence-corrected chi connectivity index (χ0v) is 11.2. The molecule has 0 unspecified atom stereocenters. The molecule has 0 aromatic carbocycles. The van der Waals surface area contributed by atoms with Crippen LogP contribution in [0.3, 0.4) is 0 Å². The number of hydrogen-bond donors (Lipinski definition) is 2. The number of amides is 1. The van der Waals surface area contributed by atoms with E-state index in [4.69, 9.17) is 9.47 Å². The highest BCUT2D eigenvalue weighted by atomic mass is 16.5. The van der Waals surface area contributed by atoms with Crippen LogP contribution in [0.1, 0.15) is 6.42 Å². The number of hydrogen-bond acceptors (Lipinski definition) is 5. The van der Waals surface area contributed by atoms with Crippen molar-refractivity contribution in [3.8, 4) is 0 Å². The molecule has 18 heavy (non-hydrogen) atoms. The van der Waals surface area contributed by atoms with Crippen LogP contribution in [0.25, 0.3) is 0 Å². The summed E-state index contributed by atoms with van der Waals surface area (Å²) in [5.74, 6) is 0.0263. The lowest BCUT2D eigenvalue weighted by Crippen LogP contribution is -2.39. The Morgan fingerprint density at radius 2 is 2.11 bits per heavy atom. The summed E-state index contributed by atoms with van der Waals surface area (Å²) in [6.07, 6.45) is 1.06. The van der Waals surface area contributed by atoms with E-state index in [1.165, 1.54) is 0 Å². The number of nitrogens with zero attached hydrogens (tertiary/aromatic N) is 1. The third kappa shape index (κ3) is 7.60. The van der Waals surface area contributed by atoms with Crippen molar-refractivity contribution in [2.75, 3.05) is 66.2 Å². The average Bonchev–Trinajstić information content (AvgIpc) is 2.40. The second-order valence-electron chi connectivity index (χ2n) is 4.33. The standard InChI is InChI=1S/C12H25N3O3/c1-17-8-4-14-12(16)11-13-3-2-5-15-6-9-18-10-7-15/h13H,2-11H2,1H3,(H,14,16). The van der Waals surface area contributed by atoms with Crippen molar-refractivity contribution < 1.29 is 14.3 Å². The maximum absolute atomic E-state index is 11.3. The van der Waals surface area contributed by atoms with Gasteiger partial charge in [-0.25, -0.2) is 0 Å². The summed E-state index contributed by atoms with van der Waals surface area (Å²) in [6.45, 7) is 7.19. The summed E-state index contributed by atoms with van der Waals surface area (Å²) in [6, 6.07) is 0. The molecule has 2 N–H and O–H groups in total. The molecule has 1 amide bonds. The van der Waals surface area contributed by atoms with Crippen LogP contribution in [0, 0.1) is 0 Å². The first-order chi connectivity index (χ1) is 8.83. The smallest absolute Gasteiger partial charge is 0.234 e. The first kappa shape index (κ1) is 15.4. The zero-order chi connectivity index (χ0) is 13.1. The van der Waals surface area contributed by atoms with Gasteiger partial charge >= 0.3 is 0 Å². The highest BCUT2D eigenvalue weighted by Gasteiger charge is 2.09. The normalized spacial score (nSPS) is 16.7. The first-order valence-corrected chi connectivity index (χ1v) is 6.59. The lowest BCUT2D eigenvalue weighted by molar-refractivity contribution is -0.120. The van der Waals surface area contributed by atoms with Gasteiger partial charge in [0.05, 0.1) is 26.4 Å². The number of carbonyl (C=O) groups is 1. The van der Waals surface area contributed by atoms with Crippen molar-refractivity contribution in [3.63, 3.8) is 0 Å². The number of methoxy groups -OCH3 is 1. The van der Waals surface area contributed by atoms with Crippen molar-refractivity contribution in [1.29, 1.82) is 0 Å². The lowest BCUT2D eigenvalue weighted by Gasteiger charge is -2.26. The van der Waals surface area contributed by atoms with E-state index in [2.05, 4.69) is 15.5 Å². The second-order valence-corrected chi connectivity index (χ2v) is 4.33. The van der Waals surface area contributed by atoms with Crippen molar-refractivity contribution in [2.24, 2.45) is 0 Å². The molecule has 1 aliphatic heterocycles. The fourth-order valence-electron chi connectivity index (χ4n) is 1.81. The predicted octanol–water partition coefficient (Wildman–Crippen LogP) is -0.939. The Morgan fingerprint density at radius 1 is 1.33 bits per heavy atom. The molecule has 0 aromatic heterocycles. The van der Waals surface area contributed by atoms with Gasteiger partial charge in [0.15, 0.2) is 0 Å². The summed E-state index contributed by atoms with van der Waals surface area (Å²) in [4.78, 5) is 13.7. The van der Waals surface area contributed by atoms with Gasteiger partial charge in [-0.1, -0.05) is 0 Å². The molecule has 1 heterocycles. The van der Waals surface area contributed by atoms with Crippen molar-refractivity contribution >= 4 is 5.91 Å². The van der Waals surface area contributed by atoms with E-state index >= 15 is 0 Å². The lowest BCUT2D eigenvalue weighted by atomic mass is 10.3. The Morgan fingerprint density at radius 3 is 2.83 bits per heavy atom. The average molecular weight is 259 g/mol. The molecule has 1 fully saturated rings. The zero-order valence-electron chi connectivity index (χ0n) is 11.2. The Labute approximate surface area is 109 Å². The van der Waals surface area contributed by atoms with E-state index in [1.54, 1.807) is 7.11 Å². The molecule has 0 aliphatic carbocycles. The van der Waals surface area contributed by atoms with Crippen LogP contribution in [0.5, 0.6) is 0 Å². The molecule has 1 aliphatic rings. The highest BCUT2D eigenvalue weighted by molar-refractivity contribution is 5.77. The van der Waals surface area contributed by atoms with Crippen molar-refractivity contribution in [1.82, 2.24) is 15.5 Å². The molecule has 1 rings (SSSR count). The van der Waals surface area contributed by atoms with Gasteiger partial charge in [0.2, 0.25) is 5.91 Å². The topological polar surface area (TPSA) is 62.8 Å². The molecule has 0 saturated carbocycles. The van der Waals surface area contributed by atoms with Gasteiger partial charge in [0.25, 0.3) is 0 Å². The Hall–Kier alpha value is -0.690. The SMILES string of the molecule is COCCNC(=O)CNCCCN1CCOCC1. The van der Waals surface area contributed by atoms with Crippen LogP contribution < -0.4 is 10.6 Å². The number of nitrogens with one attached hydrogen (secondary N) is 2. The van der Waals surface area contributed by atoms with Crippen LogP contribution in [-0.4, -0.2) is 77.0 Å². The molecule has 0 aromatic rings. The maximum atomic E-state index is 11.3. The van der Waals surface area contributed by atoms with Crippen LogP contribution in [0.2, 0.25) is 0 Å². The van der Waals surface area contributed by atoms with Crippen molar-refractivity contribution in [2.45, 2.75) is 6.42 Å². The molecule has 6 heteroatoms. The summed E-state index contributed by atoms with van der Waals surface area (Å²) in [5.41, 5.74) is 0. The number of rotatable bonds is 9. The molecule has 0 atom stereocenters. The van der Waals surface area contributed by atoms with E-state index in [1.807, 2.05) is 0 Å². The van der Waals surface area contributed by atoms with Crippen LogP contribution in [0.4, 0.5) is 0 Å². The summed E-state index contributed by atoms with van der Waals surface area (Å²) in [7, 11) is 1.62. The second kappa shape index (κ2) is 10.3. The van der Waals surface area contributed by atoms with Gasteiger partial charge < -0.3 is 20.1 Å². The molecule has 6 nitrogen and oxygen atoms in total. The quantitative estimate of drug-likeness (QED) is 0.523. The van der Waals surface area contributed by atoms with Gasteiger partial charge in [-0.3, -0.25) is 9.69 Å². The fourth-order valence-corrected chi connectivity index (χ4v) is 1.81. The maximum Gasteiger partial charge on any atom is 0.234 e. The monoisotopic (exact) mass is 259 g/mol. The Balaban J connectivity index is 1.86. The minimum atomic E-state index is 0.0263. The summed E-state index contributed by atoms with van der Waals surface area (Å²) in [5, 5.41) is 5.91. The van der Waals surface area contributed by atoms with Gasteiger partial charge in [-0.15, -0.1) is 0 Å². The van der Waals surface area contributed by atoms with E-state index in [0.717, 1.165) is 45.8 Å². The van der Waals surface area contributed by atoms with E-state index < -0.39 is 0 Å². The van der Waals surface area contributed by atoms with E-state index in [0.29, 0.717) is 19.7 Å². The van der Waals surface area contributed by atoms with E-state index in [9.17, 15) is 4.79 Å². The highest BCUT2D eigenvalue weighted by Crippen LogP contribution is 1.96. The Bertz CT molecular complexity index is 221. The largest absolute Gasteiger partial charge is 0.383 e. The van der Waals surface area contributed by atoms with Gasteiger partial charge in [-0.05, 0) is 19.5 Å². The molecule has 1 saturated heterocycles. The van der Waals surface area contributed by atoms with Crippen LogP contribution in [0.15, 0.2) is 0 Å². The van der Waals surface area contributed by atoms with Gasteiger partial charge in [0.1, 0.15) is 0 Å². The van der Waals surface area contributed by atoms with E-state index in [-0.39, 0.29) is 5.91 Å². The number of ether oxygens (including phenoxy) is 2. The van der Waals surface area contributed by atoms with Gasteiger partial charge in [-0.2, -0.15) is 0 Å². The minimum Gasteiger partial charge on any atom is -0.383 e. The van der Waals surface area contributed by atoms with Gasteiger partial charge in [0, 0.05) is 26.7 Å². The molecule has 0 spiro atoms. The fraction of sp³-hybridized carbons (Fsp3) is 0.917. The van der Waals surface area contributed by atoms with Crippen LogP contribution in [-0.2, 0) is 14.3 Å². The van der Waals surface area contributed by atoms with Crippen LogP contribution >= 0.6 is 0 Å². The third-order valence-corrected chi connectivity index (χ3v) is 2.85. The number of carbonyl (C=O) groups excluding carboxylic acids is 1. The third-order valence-electron chi connectivity index (χ3n) is 2.85. The molecule has 0 radical (unpaired) electrons. The molecule has 0 bridgehead atoms. The predicted molar refractivity (Wildman–Crippen MR) is 69.6 cm³/mol. The summed E-state index contributed by atoms with van der Waals surface area (Å²) >= 11 is 0. The minimum absolute atomic E-state index is 0.0263. The Kier molecular flexibility index (Phi) is 8.75. The number of morpholine rings is 1. The first-order valence-electron chi connectivity index (χ1n) is 6.59. The molecular formula is C12H25N3O3.